The molecule has 1 amide bonds. The van der Waals surface area contributed by atoms with E-state index in [9.17, 15) is 9.59 Å². The Morgan fingerprint density at radius 3 is 2.59 bits per heavy atom. The van der Waals surface area contributed by atoms with Crippen LogP contribution in [0.5, 0.6) is 0 Å². The standard InChI is InChI=1S/C21H20BrN3O3S/c1-14(26)23-12-4-5-15-8-10-16(11-9-15)19(27)13-29-21-25-24-20(28-21)17-6-2-3-7-18(17)22/h2-3,6-11H,4-5,12-13H2,1H3,(H,23,26). The number of hydrogen-bond acceptors (Lipinski definition) is 6. The Hall–Kier alpha value is -2.45. The van der Waals surface area contributed by atoms with Crippen molar-refractivity contribution >= 4 is 39.4 Å². The van der Waals surface area contributed by atoms with Gasteiger partial charge in [-0.25, -0.2) is 0 Å². The number of nitrogens with one attached hydrogen (secondary N) is 1. The van der Waals surface area contributed by atoms with E-state index in [-0.39, 0.29) is 17.4 Å². The molecule has 3 rings (SSSR count). The van der Waals surface area contributed by atoms with Crippen LogP contribution in [0.1, 0.15) is 29.3 Å². The summed E-state index contributed by atoms with van der Waals surface area (Å²) in [6, 6.07) is 15.1. The zero-order valence-corrected chi connectivity index (χ0v) is 18.3. The Morgan fingerprint density at radius 1 is 1.10 bits per heavy atom. The second-order valence-corrected chi connectivity index (χ2v) is 8.13. The summed E-state index contributed by atoms with van der Waals surface area (Å²) in [6.07, 6.45) is 1.71. The molecule has 0 saturated heterocycles. The minimum Gasteiger partial charge on any atom is -0.411 e. The van der Waals surface area contributed by atoms with Crippen LogP contribution >= 0.6 is 27.7 Å². The predicted octanol–water partition coefficient (Wildman–Crippen LogP) is 4.54. The lowest BCUT2D eigenvalue weighted by atomic mass is 10.1. The number of amides is 1. The van der Waals surface area contributed by atoms with Crippen LogP contribution in [0.3, 0.4) is 0 Å². The highest BCUT2D eigenvalue weighted by Gasteiger charge is 2.14. The number of nitrogens with zero attached hydrogens (tertiary/aromatic N) is 2. The molecule has 0 aliphatic rings. The minimum absolute atomic E-state index is 0.000406. The third-order valence-electron chi connectivity index (χ3n) is 4.13. The van der Waals surface area contributed by atoms with Crippen molar-refractivity contribution in [1.82, 2.24) is 15.5 Å². The van der Waals surface area contributed by atoms with E-state index in [0.29, 0.717) is 23.2 Å². The van der Waals surface area contributed by atoms with E-state index in [1.807, 2.05) is 48.5 Å². The topological polar surface area (TPSA) is 85.1 Å². The molecule has 0 aliphatic carbocycles. The summed E-state index contributed by atoms with van der Waals surface area (Å²) in [5.41, 5.74) is 2.59. The molecule has 29 heavy (non-hydrogen) atoms. The molecule has 0 saturated carbocycles. The summed E-state index contributed by atoms with van der Waals surface area (Å²) in [5, 5.41) is 11.2. The van der Waals surface area contributed by atoms with Gasteiger partial charge in [0.25, 0.3) is 5.22 Å². The Bertz CT molecular complexity index is 989. The first-order valence-corrected chi connectivity index (χ1v) is 10.9. The number of hydrogen-bond donors (Lipinski definition) is 1. The van der Waals surface area contributed by atoms with E-state index in [4.69, 9.17) is 4.42 Å². The summed E-state index contributed by atoms with van der Waals surface area (Å²) in [7, 11) is 0. The Kier molecular flexibility index (Phi) is 7.60. The van der Waals surface area contributed by atoms with Gasteiger partial charge in [-0.05, 0) is 46.5 Å². The highest BCUT2D eigenvalue weighted by Crippen LogP contribution is 2.29. The zero-order valence-electron chi connectivity index (χ0n) is 15.9. The van der Waals surface area contributed by atoms with Crippen LogP contribution < -0.4 is 5.32 Å². The number of Topliss-reactive ketones (excluding diaryl/α,β-unsaturated/α-hetero) is 1. The van der Waals surface area contributed by atoms with Gasteiger partial charge in [-0.2, -0.15) is 0 Å². The SMILES string of the molecule is CC(=O)NCCCc1ccc(C(=O)CSc2nnc(-c3ccccc3Br)o2)cc1. The maximum absolute atomic E-state index is 12.4. The summed E-state index contributed by atoms with van der Waals surface area (Å²) in [6.45, 7) is 2.16. The van der Waals surface area contributed by atoms with Gasteiger partial charge in [0.1, 0.15) is 0 Å². The van der Waals surface area contributed by atoms with Crippen molar-refractivity contribution in [3.8, 4) is 11.5 Å². The van der Waals surface area contributed by atoms with Gasteiger partial charge in [0.2, 0.25) is 11.8 Å². The fourth-order valence-electron chi connectivity index (χ4n) is 2.64. The highest BCUT2D eigenvalue weighted by molar-refractivity contribution is 9.10. The number of carbonyl (C=O) groups excluding carboxylic acids is 2. The van der Waals surface area contributed by atoms with Crippen LogP contribution in [-0.2, 0) is 11.2 Å². The van der Waals surface area contributed by atoms with Crippen molar-refractivity contribution in [3.63, 3.8) is 0 Å². The van der Waals surface area contributed by atoms with Gasteiger partial charge in [-0.15, -0.1) is 10.2 Å². The van der Waals surface area contributed by atoms with Crippen molar-refractivity contribution in [3.05, 3.63) is 64.1 Å². The van der Waals surface area contributed by atoms with Crippen LogP contribution in [0.25, 0.3) is 11.5 Å². The van der Waals surface area contributed by atoms with Gasteiger partial charge < -0.3 is 9.73 Å². The third kappa shape index (κ3) is 6.27. The van der Waals surface area contributed by atoms with Gasteiger partial charge in [0.05, 0.1) is 11.3 Å². The molecule has 0 unspecified atom stereocenters. The average molecular weight is 474 g/mol. The Labute approximate surface area is 181 Å². The molecule has 6 nitrogen and oxygen atoms in total. The maximum atomic E-state index is 12.4. The molecule has 0 spiro atoms. The smallest absolute Gasteiger partial charge is 0.277 e. The number of carbonyl (C=O) groups is 2. The lowest BCUT2D eigenvalue weighted by Crippen LogP contribution is -2.21. The van der Waals surface area contributed by atoms with Crippen molar-refractivity contribution in [2.75, 3.05) is 12.3 Å². The number of aromatic nitrogens is 2. The molecule has 150 valence electrons. The first kappa shape index (κ1) is 21.3. The van der Waals surface area contributed by atoms with Crippen LogP contribution in [-0.4, -0.2) is 34.2 Å². The van der Waals surface area contributed by atoms with E-state index in [0.717, 1.165) is 28.4 Å². The molecule has 0 fully saturated rings. The van der Waals surface area contributed by atoms with Gasteiger partial charge in [-0.3, -0.25) is 9.59 Å². The van der Waals surface area contributed by atoms with Crippen molar-refractivity contribution in [2.24, 2.45) is 0 Å². The fourth-order valence-corrected chi connectivity index (χ4v) is 3.75. The second kappa shape index (κ2) is 10.4. The molecular formula is C21H20BrN3O3S. The lowest BCUT2D eigenvalue weighted by molar-refractivity contribution is -0.118. The molecule has 1 N–H and O–H groups in total. The monoisotopic (exact) mass is 473 g/mol. The molecule has 0 aliphatic heterocycles. The maximum Gasteiger partial charge on any atom is 0.277 e. The van der Waals surface area contributed by atoms with E-state index in [2.05, 4.69) is 31.4 Å². The Morgan fingerprint density at radius 2 is 1.86 bits per heavy atom. The largest absolute Gasteiger partial charge is 0.411 e. The molecule has 1 aromatic heterocycles. The third-order valence-corrected chi connectivity index (χ3v) is 5.64. The quantitative estimate of drug-likeness (QED) is 0.279. The van der Waals surface area contributed by atoms with E-state index < -0.39 is 0 Å². The van der Waals surface area contributed by atoms with Crippen LogP contribution in [0.4, 0.5) is 0 Å². The highest BCUT2D eigenvalue weighted by atomic mass is 79.9. The molecule has 8 heteroatoms. The van der Waals surface area contributed by atoms with Crippen molar-refractivity contribution < 1.29 is 14.0 Å². The fraction of sp³-hybridized carbons (Fsp3) is 0.238. The molecule has 0 bridgehead atoms. The summed E-state index contributed by atoms with van der Waals surface area (Å²) >= 11 is 4.68. The van der Waals surface area contributed by atoms with Gasteiger partial charge in [-0.1, -0.05) is 48.2 Å². The molecule has 0 radical (unpaired) electrons. The lowest BCUT2D eigenvalue weighted by Gasteiger charge is -2.04. The van der Waals surface area contributed by atoms with Crippen LogP contribution in [0.15, 0.2) is 62.6 Å². The van der Waals surface area contributed by atoms with E-state index in [1.54, 1.807) is 0 Å². The number of halogens is 1. The normalized spacial score (nSPS) is 10.7. The minimum atomic E-state index is -0.0202. The number of thioether (sulfide) groups is 1. The molecular weight excluding hydrogens is 454 g/mol. The molecule has 2 aromatic carbocycles. The molecule has 3 aromatic rings. The number of rotatable bonds is 9. The first-order chi connectivity index (χ1) is 14.0. The van der Waals surface area contributed by atoms with Crippen LogP contribution in [0, 0.1) is 0 Å². The average Bonchev–Trinajstić information content (AvgIpc) is 3.19. The van der Waals surface area contributed by atoms with E-state index in [1.165, 1.54) is 18.7 Å². The Balaban J connectivity index is 1.51. The number of ketones is 1. The predicted molar refractivity (Wildman–Crippen MR) is 116 cm³/mol. The number of benzene rings is 2. The van der Waals surface area contributed by atoms with Gasteiger partial charge in [0, 0.05) is 23.5 Å². The summed E-state index contributed by atoms with van der Waals surface area (Å²) < 4.78 is 6.53. The van der Waals surface area contributed by atoms with Gasteiger partial charge >= 0.3 is 0 Å². The van der Waals surface area contributed by atoms with Gasteiger partial charge in [0.15, 0.2) is 5.78 Å². The molecule has 0 atom stereocenters. The van der Waals surface area contributed by atoms with Crippen molar-refractivity contribution in [2.45, 2.75) is 25.0 Å². The second-order valence-electron chi connectivity index (χ2n) is 6.35. The van der Waals surface area contributed by atoms with Crippen LogP contribution in [0.2, 0.25) is 0 Å². The summed E-state index contributed by atoms with van der Waals surface area (Å²) in [4.78, 5) is 23.3. The molecule has 1 heterocycles. The van der Waals surface area contributed by atoms with E-state index >= 15 is 0 Å². The zero-order chi connectivity index (χ0) is 20.6. The first-order valence-electron chi connectivity index (χ1n) is 9.10. The van der Waals surface area contributed by atoms with Crippen molar-refractivity contribution in [1.29, 1.82) is 0 Å². The summed E-state index contributed by atoms with van der Waals surface area (Å²) in [5.74, 6) is 0.615. The number of aryl methyl sites for hydroxylation is 1.